The Balaban J connectivity index is 2.92. The van der Waals surface area contributed by atoms with Crippen molar-refractivity contribution in [2.75, 3.05) is 0 Å². The lowest BCUT2D eigenvalue weighted by Crippen LogP contribution is -1.81. The largest absolute Gasteiger partial charge is 0.235 e. The molecule has 2 rings (SSSR count). The lowest BCUT2D eigenvalue weighted by Gasteiger charge is -2.02. The van der Waals surface area contributed by atoms with Gasteiger partial charge in [0.1, 0.15) is 5.15 Å². The molecule has 0 atom stereocenters. The van der Waals surface area contributed by atoms with Gasteiger partial charge in [-0.2, -0.15) is 0 Å². The first-order chi connectivity index (χ1) is 7.22. The topological polar surface area (TPSA) is 61.7 Å². The van der Waals surface area contributed by atoms with Crippen molar-refractivity contribution < 1.29 is 0 Å². The maximum atomic E-state index is 8.40. The Bertz CT molecular complexity index is 576. The quantitative estimate of drug-likeness (QED) is 0.313. The van der Waals surface area contributed by atoms with Crippen molar-refractivity contribution in [1.29, 1.82) is 0 Å². The lowest BCUT2D eigenvalue weighted by atomic mass is 10.2. The summed E-state index contributed by atoms with van der Waals surface area (Å²) in [4.78, 5) is 6.79. The second kappa shape index (κ2) is 3.95. The minimum atomic E-state index is 0.248. The molecule has 0 bridgehead atoms. The first-order valence-corrected chi connectivity index (χ1v) is 4.78. The molecule has 2 aromatic rings. The smallest absolute Gasteiger partial charge is 0.130 e. The van der Waals surface area contributed by atoms with Crippen LogP contribution in [-0.4, -0.2) is 4.98 Å². The van der Waals surface area contributed by atoms with Gasteiger partial charge in [-0.25, -0.2) is 4.98 Å². The van der Waals surface area contributed by atoms with Gasteiger partial charge >= 0.3 is 0 Å². The molecular weight excluding hydrogens is 235 g/mol. The Morgan fingerprint density at radius 3 is 2.87 bits per heavy atom. The number of fused-ring (bicyclic) bond motifs is 1. The Hall–Kier alpha value is -1.48. The molecule has 15 heavy (non-hydrogen) atoms. The summed E-state index contributed by atoms with van der Waals surface area (Å²) >= 11 is 11.7. The highest BCUT2D eigenvalue weighted by molar-refractivity contribution is 6.36. The number of hydrogen-bond donors (Lipinski definition) is 0. The first kappa shape index (κ1) is 10.1. The molecule has 1 aromatic heterocycles. The van der Waals surface area contributed by atoms with Crippen molar-refractivity contribution in [1.82, 2.24) is 4.98 Å². The fraction of sp³-hybridized carbons (Fsp3) is 0. The zero-order chi connectivity index (χ0) is 10.8. The zero-order valence-electron chi connectivity index (χ0n) is 7.35. The molecule has 0 aliphatic carbocycles. The molecule has 0 saturated carbocycles. The number of pyridine rings is 1. The normalized spacial score (nSPS) is 10.0. The summed E-state index contributed by atoms with van der Waals surface area (Å²) in [6.07, 6.45) is 0. The van der Waals surface area contributed by atoms with Gasteiger partial charge in [0, 0.05) is 16.0 Å². The van der Waals surface area contributed by atoms with Gasteiger partial charge in [-0.15, -0.1) is 0 Å². The van der Waals surface area contributed by atoms with Gasteiger partial charge in [0.05, 0.1) is 10.5 Å². The third-order valence-electron chi connectivity index (χ3n) is 1.89. The van der Waals surface area contributed by atoms with Crippen LogP contribution in [0, 0.1) is 0 Å². The number of aromatic nitrogens is 1. The molecule has 0 spiro atoms. The summed E-state index contributed by atoms with van der Waals surface area (Å²) in [6, 6.07) is 6.73. The van der Waals surface area contributed by atoms with Crippen LogP contribution in [0.15, 0.2) is 29.4 Å². The number of rotatable bonds is 1. The van der Waals surface area contributed by atoms with E-state index in [1.807, 2.05) is 0 Å². The van der Waals surface area contributed by atoms with Crippen LogP contribution < -0.4 is 0 Å². The molecule has 74 valence electrons. The van der Waals surface area contributed by atoms with Crippen LogP contribution in [0.4, 0.5) is 5.69 Å². The van der Waals surface area contributed by atoms with Gasteiger partial charge in [-0.3, -0.25) is 0 Å². The molecule has 0 saturated heterocycles. The second-order valence-corrected chi connectivity index (χ2v) is 3.58. The average molecular weight is 239 g/mol. The van der Waals surface area contributed by atoms with Crippen LogP contribution in [0.1, 0.15) is 0 Å². The Kier molecular flexibility index (Phi) is 2.64. The number of nitrogens with zero attached hydrogens (tertiary/aromatic N) is 4. The highest BCUT2D eigenvalue weighted by Gasteiger charge is 2.05. The SMILES string of the molecule is [N-]=[N+]=Nc1cc(Cl)nc2c(Cl)cccc12. The molecule has 0 unspecified atom stereocenters. The van der Waals surface area contributed by atoms with Crippen molar-refractivity contribution in [2.24, 2.45) is 5.11 Å². The summed E-state index contributed by atoms with van der Waals surface area (Å²) in [7, 11) is 0. The predicted molar refractivity (Wildman–Crippen MR) is 60.6 cm³/mol. The Labute approximate surface area is 95.1 Å². The monoisotopic (exact) mass is 238 g/mol. The third-order valence-corrected chi connectivity index (χ3v) is 2.39. The van der Waals surface area contributed by atoms with E-state index in [0.29, 0.717) is 21.6 Å². The molecule has 1 aromatic carbocycles. The van der Waals surface area contributed by atoms with Crippen molar-refractivity contribution in [3.63, 3.8) is 0 Å². The molecule has 0 N–H and O–H groups in total. The average Bonchev–Trinajstić information content (AvgIpc) is 2.20. The number of hydrogen-bond acceptors (Lipinski definition) is 2. The van der Waals surface area contributed by atoms with Gasteiger partial charge in [-0.05, 0) is 17.7 Å². The van der Waals surface area contributed by atoms with Crippen LogP contribution in [0.3, 0.4) is 0 Å². The highest BCUT2D eigenvalue weighted by atomic mass is 35.5. The van der Waals surface area contributed by atoms with Crippen LogP contribution in [0.25, 0.3) is 21.3 Å². The fourth-order valence-corrected chi connectivity index (χ4v) is 1.70. The molecule has 6 heteroatoms. The van der Waals surface area contributed by atoms with Gasteiger partial charge in [0.2, 0.25) is 0 Å². The summed E-state index contributed by atoms with van der Waals surface area (Å²) in [5, 5.41) is 4.94. The van der Waals surface area contributed by atoms with Crippen LogP contribution >= 0.6 is 23.2 Å². The van der Waals surface area contributed by atoms with Crippen LogP contribution in [0.2, 0.25) is 10.2 Å². The van der Waals surface area contributed by atoms with E-state index in [0.717, 1.165) is 0 Å². The number of benzene rings is 1. The molecule has 0 aliphatic heterocycles. The van der Waals surface area contributed by atoms with Gasteiger partial charge < -0.3 is 0 Å². The van der Waals surface area contributed by atoms with E-state index in [-0.39, 0.29) is 5.15 Å². The minimum Gasteiger partial charge on any atom is -0.235 e. The fourth-order valence-electron chi connectivity index (χ4n) is 1.30. The lowest BCUT2D eigenvalue weighted by molar-refractivity contribution is 1.38. The first-order valence-electron chi connectivity index (χ1n) is 4.02. The van der Waals surface area contributed by atoms with Crippen molar-refractivity contribution in [3.05, 3.63) is 44.9 Å². The summed E-state index contributed by atoms with van der Waals surface area (Å²) in [5.74, 6) is 0. The Morgan fingerprint density at radius 2 is 2.13 bits per heavy atom. The van der Waals surface area contributed by atoms with E-state index in [1.54, 1.807) is 18.2 Å². The summed E-state index contributed by atoms with van der Waals surface area (Å²) in [6.45, 7) is 0. The van der Waals surface area contributed by atoms with Crippen molar-refractivity contribution >= 4 is 39.8 Å². The zero-order valence-corrected chi connectivity index (χ0v) is 8.87. The molecule has 1 heterocycles. The van der Waals surface area contributed by atoms with Gasteiger partial charge in [-0.1, -0.05) is 40.4 Å². The number of para-hydroxylation sites is 1. The van der Waals surface area contributed by atoms with E-state index in [1.165, 1.54) is 6.07 Å². The number of azide groups is 1. The molecule has 0 fully saturated rings. The van der Waals surface area contributed by atoms with E-state index in [9.17, 15) is 0 Å². The van der Waals surface area contributed by atoms with Gasteiger partial charge in [0.15, 0.2) is 0 Å². The van der Waals surface area contributed by atoms with E-state index in [4.69, 9.17) is 28.7 Å². The Morgan fingerprint density at radius 1 is 1.33 bits per heavy atom. The summed E-state index contributed by atoms with van der Waals surface area (Å²) in [5.41, 5.74) is 9.36. The predicted octanol–water partition coefficient (Wildman–Crippen LogP) is 4.48. The number of halogens is 2. The molecule has 0 amide bonds. The second-order valence-electron chi connectivity index (χ2n) is 2.79. The summed E-state index contributed by atoms with van der Waals surface area (Å²) < 4.78 is 0. The van der Waals surface area contributed by atoms with Crippen molar-refractivity contribution in [3.8, 4) is 0 Å². The van der Waals surface area contributed by atoms with E-state index >= 15 is 0 Å². The highest BCUT2D eigenvalue weighted by Crippen LogP contribution is 2.31. The minimum absolute atomic E-state index is 0.248. The van der Waals surface area contributed by atoms with Crippen molar-refractivity contribution in [2.45, 2.75) is 0 Å². The van der Waals surface area contributed by atoms with E-state index < -0.39 is 0 Å². The van der Waals surface area contributed by atoms with E-state index in [2.05, 4.69) is 15.0 Å². The molecule has 4 nitrogen and oxygen atoms in total. The third kappa shape index (κ3) is 1.83. The molecule has 0 radical (unpaired) electrons. The molecular formula is C9H4Cl2N4. The van der Waals surface area contributed by atoms with Crippen LogP contribution in [0.5, 0.6) is 0 Å². The van der Waals surface area contributed by atoms with Crippen LogP contribution in [-0.2, 0) is 0 Å². The standard InChI is InChI=1S/C9H4Cl2N4/c10-6-3-1-2-5-7(14-15-12)4-8(11)13-9(5)6/h1-4H. The maximum Gasteiger partial charge on any atom is 0.130 e. The van der Waals surface area contributed by atoms with Gasteiger partial charge in [0.25, 0.3) is 0 Å². The molecule has 0 aliphatic rings. The maximum absolute atomic E-state index is 8.40.